The summed E-state index contributed by atoms with van der Waals surface area (Å²) in [5.74, 6) is 0.761. The highest BCUT2D eigenvalue weighted by molar-refractivity contribution is 5.86. The lowest BCUT2D eigenvalue weighted by Crippen LogP contribution is -2.19. The number of methoxy groups -OCH3 is 1. The highest BCUT2D eigenvalue weighted by Crippen LogP contribution is 2.36. The summed E-state index contributed by atoms with van der Waals surface area (Å²) in [5.41, 5.74) is 7.90. The van der Waals surface area contributed by atoms with Crippen molar-refractivity contribution in [3.05, 3.63) is 40.2 Å². The highest BCUT2D eigenvalue weighted by atomic mass is 16.5. The van der Waals surface area contributed by atoms with Crippen LogP contribution in [0.4, 0.5) is 0 Å². The molecule has 2 N–H and O–H groups in total. The summed E-state index contributed by atoms with van der Waals surface area (Å²) < 4.78 is 7.01. The van der Waals surface area contributed by atoms with Gasteiger partial charge in [0.25, 0.3) is 5.56 Å². The number of aromatic nitrogens is 1. The van der Waals surface area contributed by atoms with Gasteiger partial charge in [-0.25, -0.2) is 0 Å². The van der Waals surface area contributed by atoms with Gasteiger partial charge in [0, 0.05) is 18.2 Å². The predicted molar refractivity (Wildman–Crippen MR) is 61.7 cm³/mol. The number of ether oxygens (including phenoxy) is 1. The summed E-state index contributed by atoms with van der Waals surface area (Å²) in [6.45, 7) is 0.534. The van der Waals surface area contributed by atoms with Gasteiger partial charge in [0.15, 0.2) is 0 Å². The van der Waals surface area contributed by atoms with E-state index in [0.717, 1.165) is 22.2 Å². The second kappa shape index (κ2) is 3.09. The second-order valence-electron chi connectivity index (χ2n) is 4.01. The Hall–Kier alpha value is -1.81. The number of benzene rings is 1. The van der Waals surface area contributed by atoms with Crippen LogP contribution in [0.3, 0.4) is 0 Å². The van der Waals surface area contributed by atoms with Crippen molar-refractivity contribution in [1.82, 2.24) is 4.57 Å². The van der Waals surface area contributed by atoms with Gasteiger partial charge in [0.1, 0.15) is 5.75 Å². The number of pyridine rings is 1. The molecular formula is C12H12N2O2. The van der Waals surface area contributed by atoms with Gasteiger partial charge in [-0.15, -0.1) is 0 Å². The Balaban J connectivity index is 2.51. The summed E-state index contributed by atoms with van der Waals surface area (Å²) in [6.07, 6.45) is 0. The molecule has 1 aliphatic rings. The molecule has 2 heterocycles. The van der Waals surface area contributed by atoms with E-state index in [2.05, 4.69) is 0 Å². The Morgan fingerprint density at radius 3 is 2.88 bits per heavy atom. The normalized spacial score (nSPS) is 18.0. The first kappa shape index (κ1) is 9.42. The molecule has 0 spiro atoms. The van der Waals surface area contributed by atoms with Gasteiger partial charge in [-0.3, -0.25) is 4.79 Å². The lowest BCUT2D eigenvalue weighted by Gasteiger charge is -2.09. The number of rotatable bonds is 1. The zero-order valence-corrected chi connectivity index (χ0v) is 8.93. The van der Waals surface area contributed by atoms with E-state index >= 15 is 0 Å². The molecule has 1 aliphatic heterocycles. The minimum absolute atomic E-state index is 0.00467. The van der Waals surface area contributed by atoms with Crippen LogP contribution in [-0.2, 0) is 6.54 Å². The van der Waals surface area contributed by atoms with Crippen LogP contribution in [0.5, 0.6) is 5.75 Å². The molecule has 0 amide bonds. The molecular weight excluding hydrogens is 204 g/mol. The van der Waals surface area contributed by atoms with Crippen molar-refractivity contribution in [3.8, 4) is 5.75 Å². The minimum Gasteiger partial charge on any atom is -0.496 e. The van der Waals surface area contributed by atoms with Gasteiger partial charge in [-0.05, 0) is 23.6 Å². The highest BCUT2D eigenvalue weighted by Gasteiger charge is 2.25. The summed E-state index contributed by atoms with van der Waals surface area (Å²) in [6, 6.07) is 7.10. The van der Waals surface area contributed by atoms with Crippen molar-refractivity contribution in [2.24, 2.45) is 5.73 Å². The number of nitrogens with zero attached hydrogens (tertiary/aromatic N) is 1. The summed E-state index contributed by atoms with van der Waals surface area (Å²) >= 11 is 0. The van der Waals surface area contributed by atoms with Crippen molar-refractivity contribution < 1.29 is 4.74 Å². The van der Waals surface area contributed by atoms with Gasteiger partial charge in [0.05, 0.1) is 18.7 Å². The third kappa shape index (κ3) is 1.05. The van der Waals surface area contributed by atoms with E-state index in [1.807, 2.05) is 18.2 Å². The first-order chi connectivity index (χ1) is 7.72. The molecule has 1 aromatic heterocycles. The molecule has 4 heteroatoms. The van der Waals surface area contributed by atoms with Crippen LogP contribution in [0.25, 0.3) is 10.9 Å². The van der Waals surface area contributed by atoms with Crippen LogP contribution < -0.4 is 16.0 Å². The Bertz CT molecular complexity index is 631. The Morgan fingerprint density at radius 1 is 1.38 bits per heavy atom. The molecule has 4 nitrogen and oxygen atoms in total. The summed E-state index contributed by atoms with van der Waals surface area (Å²) in [5, 5.41) is 1.03. The molecule has 1 atom stereocenters. The van der Waals surface area contributed by atoms with Crippen molar-refractivity contribution in [2.75, 3.05) is 7.11 Å². The molecule has 0 bridgehead atoms. The van der Waals surface area contributed by atoms with Gasteiger partial charge >= 0.3 is 0 Å². The quantitative estimate of drug-likeness (QED) is 0.774. The van der Waals surface area contributed by atoms with Crippen molar-refractivity contribution in [2.45, 2.75) is 12.6 Å². The first-order valence-corrected chi connectivity index (χ1v) is 5.18. The second-order valence-corrected chi connectivity index (χ2v) is 4.01. The van der Waals surface area contributed by atoms with E-state index in [9.17, 15) is 4.79 Å². The van der Waals surface area contributed by atoms with Gasteiger partial charge < -0.3 is 15.0 Å². The smallest absolute Gasteiger partial charge is 0.251 e. The summed E-state index contributed by atoms with van der Waals surface area (Å²) in [4.78, 5) is 11.7. The molecule has 1 aromatic carbocycles. The third-order valence-corrected chi connectivity index (χ3v) is 3.12. The van der Waals surface area contributed by atoms with Gasteiger partial charge in [-0.2, -0.15) is 0 Å². The molecule has 0 radical (unpaired) electrons. The van der Waals surface area contributed by atoms with E-state index in [-0.39, 0.29) is 11.6 Å². The molecule has 16 heavy (non-hydrogen) atoms. The zero-order valence-electron chi connectivity index (χ0n) is 8.93. The largest absolute Gasteiger partial charge is 0.496 e. The molecule has 0 saturated carbocycles. The van der Waals surface area contributed by atoms with Crippen LogP contribution in [0, 0.1) is 0 Å². The molecule has 0 fully saturated rings. The fourth-order valence-electron chi connectivity index (χ4n) is 2.41. The maximum atomic E-state index is 11.7. The molecule has 2 aromatic rings. The number of hydrogen-bond acceptors (Lipinski definition) is 3. The molecule has 3 rings (SSSR count). The minimum atomic E-state index is -0.159. The Labute approximate surface area is 92.2 Å². The zero-order chi connectivity index (χ0) is 11.3. The lowest BCUT2D eigenvalue weighted by molar-refractivity contribution is 0.407. The first-order valence-electron chi connectivity index (χ1n) is 5.18. The number of nitrogens with two attached hydrogens (primary N) is 1. The fraction of sp³-hybridized carbons (Fsp3) is 0.250. The molecule has 0 saturated heterocycles. The van der Waals surface area contributed by atoms with Crippen LogP contribution in [-0.4, -0.2) is 11.7 Å². The van der Waals surface area contributed by atoms with E-state index in [1.165, 1.54) is 0 Å². The van der Waals surface area contributed by atoms with Crippen molar-refractivity contribution in [1.29, 1.82) is 0 Å². The van der Waals surface area contributed by atoms with Crippen LogP contribution in [0.1, 0.15) is 11.6 Å². The van der Waals surface area contributed by atoms with Crippen LogP contribution in [0.15, 0.2) is 29.1 Å². The third-order valence-electron chi connectivity index (χ3n) is 3.12. The predicted octanol–water partition coefficient (Wildman–Crippen LogP) is 1.02. The molecule has 0 aliphatic carbocycles. The maximum absolute atomic E-state index is 11.7. The topological polar surface area (TPSA) is 57.2 Å². The maximum Gasteiger partial charge on any atom is 0.251 e. The lowest BCUT2D eigenvalue weighted by atomic mass is 10.1. The van der Waals surface area contributed by atoms with Crippen molar-refractivity contribution >= 4 is 10.9 Å². The number of hydrogen-bond donors (Lipinski definition) is 1. The fourth-order valence-corrected chi connectivity index (χ4v) is 2.41. The van der Waals surface area contributed by atoms with Crippen LogP contribution in [0.2, 0.25) is 0 Å². The standard InChI is InChI=1S/C12H12N2O2/c1-16-9-4-2-7-3-5-10(15)14-6-8(13)11(9)12(7)14/h2-5,8H,6,13H2,1H3/t8-/m1/s1. The summed E-state index contributed by atoms with van der Waals surface area (Å²) in [7, 11) is 1.62. The monoisotopic (exact) mass is 216 g/mol. The SMILES string of the molecule is COc1ccc2ccc(=O)n3c2c1[C@H](N)C3. The van der Waals surface area contributed by atoms with E-state index in [1.54, 1.807) is 17.7 Å². The average molecular weight is 216 g/mol. The van der Waals surface area contributed by atoms with Gasteiger partial charge in [0.2, 0.25) is 0 Å². The average Bonchev–Trinajstić information content (AvgIpc) is 2.64. The van der Waals surface area contributed by atoms with Crippen LogP contribution >= 0.6 is 0 Å². The molecule has 82 valence electrons. The Morgan fingerprint density at radius 2 is 2.12 bits per heavy atom. The van der Waals surface area contributed by atoms with Gasteiger partial charge in [-0.1, -0.05) is 0 Å². The Kier molecular flexibility index (Phi) is 1.82. The van der Waals surface area contributed by atoms with Crippen molar-refractivity contribution in [3.63, 3.8) is 0 Å². The van der Waals surface area contributed by atoms with E-state index in [0.29, 0.717) is 6.54 Å². The van der Waals surface area contributed by atoms with E-state index < -0.39 is 0 Å². The molecule has 0 unspecified atom stereocenters. The van der Waals surface area contributed by atoms with E-state index in [4.69, 9.17) is 10.5 Å².